The van der Waals surface area contributed by atoms with Crippen molar-refractivity contribution in [2.24, 2.45) is 0 Å². The molecule has 0 aliphatic rings. The van der Waals surface area contributed by atoms with Gasteiger partial charge in [-0.3, -0.25) is 0 Å². The zero-order chi connectivity index (χ0) is 13.1. The van der Waals surface area contributed by atoms with E-state index in [0.29, 0.717) is 22.7 Å². The molecule has 0 saturated carbocycles. The van der Waals surface area contributed by atoms with Crippen molar-refractivity contribution in [1.82, 2.24) is 4.98 Å². The lowest BCUT2D eigenvalue weighted by atomic mass is 10.1. The summed E-state index contributed by atoms with van der Waals surface area (Å²) in [7, 11) is 1.50. The SMILES string of the molecule is COc1ccc(F)cc1Cc1nc(C(=O)O)cs1. The van der Waals surface area contributed by atoms with Crippen LogP contribution in [-0.2, 0) is 6.42 Å². The van der Waals surface area contributed by atoms with Gasteiger partial charge in [-0.15, -0.1) is 11.3 Å². The van der Waals surface area contributed by atoms with Gasteiger partial charge in [0, 0.05) is 17.4 Å². The third kappa shape index (κ3) is 2.65. The van der Waals surface area contributed by atoms with E-state index in [2.05, 4.69) is 4.98 Å². The van der Waals surface area contributed by atoms with Gasteiger partial charge in [-0.1, -0.05) is 0 Å². The van der Waals surface area contributed by atoms with Crippen LogP contribution >= 0.6 is 11.3 Å². The Bertz CT molecular complexity index is 582. The van der Waals surface area contributed by atoms with Gasteiger partial charge in [-0.05, 0) is 18.2 Å². The summed E-state index contributed by atoms with van der Waals surface area (Å²) in [5.41, 5.74) is 0.647. The third-order valence-electron chi connectivity index (χ3n) is 2.35. The van der Waals surface area contributed by atoms with Crippen LogP contribution in [0.3, 0.4) is 0 Å². The number of aromatic carboxylic acids is 1. The molecule has 0 aliphatic heterocycles. The van der Waals surface area contributed by atoms with Gasteiger partial charge in [-0.25, -0.2) is 14.2 Å². The molecule has 18 heavy (non-hydrogen) atoms. The lowest BCUT2D eigenvalue weighted by Crippen LogP contribution is -1.98. The fraction of sp³-hybridized carbons (Fsp3) is 0.167. The predicted molar refractivity (Wildman–Crippen MR) is 64.8 cm³/mol. The van der Waals surface area contributed by atoms with E-state index in [1.807, 2.05) is 0 Å². The zero-order valence-corrected chi connectivity index (χ0v) is 10.3. The van der Waals surface area contributed by atoms with Crippen LogP contribution in [0, 0.1) is 5.82 Å². The molecule has 0 amide bonds. The topological polar surface area (TPSA) is 59.4 Å². The first-order valence-corrected chi connectivity index (χ1v) is 5.98. The lowest BCUT2D eigenvalue weighted by molar-refractivity contribution is 0.0691. The molecular weight excluding hydrogens is 257 g/mol. The Morgan fingerprint density at radius 3 is 2.94 bits per heavy atom. The summed E-state index contributed by atoms with van der Waals surface area (Å²) in [5, 5.41) is 10.8. The van der Waals surface area contributed by atoms with Crippen molar-refractivity contribution in [1.29, 1.82) is 0 Å². The Morgan fingerprint density at radius 1 is 1.56 bits per heavy atom. The van der Waals surface area contributed by atoms with Crippen molar-refractivity contribution in [2.45, 2.75) is 6.42 Å². The van der Waals surface area contributed by atoms with Gasteiger partial charge in [0.05, 0.1) is 12.1 Å². The number of ether oxygens (including phenoxy) is 1. The fourth-order valence-corrected chi connectivity index (χ4v) is 2.33. The maximum atomic E-state index is 13.2. The van der Waals surface area contributed by atoms with Crippen LogP contribution in [0.2, 0.25) is 0 Å². The van der Waals surface area contributed by atoms with E-state index in [4.69, 9.17) is 9.84 Å². The summed E-state index contributed by atoms with van der Waals surface area (Å²) < 4.78 is 18.3. The van der Waals surface area contributed by atoms with Crippen molar-refractivity contribution in [3.8, 4) is 5.75 Å². The molecule has 0 saturated heterocycles. The van der Waals surface area contributed by atoms with Gasteiger partial charge in [0.15, 0.2) is 5.69 Å². The molecule has 4 nitrogen and oxygen atoms in total. The Balaban J connectivity index is 2.27. The van der Waals surface area contributed by atoms with Gasteiger partial charge in [-0.2, -0.15) is 0 Å². The van der Waals surface area contributed by atoms with Crippen molar-refractivity contribution in [2.75, 3.05) is 7.11 Å². The number of hydrogen-bond acceptors (Lipinski definition) is 4. The Hall–Kier alpha value is -1.95. The second-order valence-corrected chi connectivity index (χ2v) is 4.51. The Labute approximate surface area is 107 Å². The van der Waals surface area contributed by atoms with E-state index in [9.17, 15) is 9.18 Å². The van der Waals surface area contributed by atoms with E-state index in [0.717, 1.165) is 0 Å². The minimum atomic E-state index is -1.07. The third-order valence-corrected chi connectivity index (χ3v) is 3.20. The van der Waals surface area contributed by atoms with Gasteiger partial charge < -0.3 is 9.84 Å². The highest BCUT2D eigenvalue weighted by molar-refractivity contribution is 7.09. The van der Waals surface area contributed by atoms with Gasteiger partial charge in [0.25, 0.3) is 0 Å². The number of halogens is 1. The molecule has 1 aromatic carbocycles. The summed E-state index contributed by atoms with van der Waals surface area (Å²) in [5.74, 6) is -0.868. The molecule has 1 heterocycles. The minimum Gasteiger partial charge on any atom is -0.496 e. The molecule has 0 aliphatic carbocycles. The molecule has 0 atom stereocenters. The molecular formula is C12H10FNO3S. The predicted octanol–water partition coefficient (Wildman–Crippen LogP) is 2.58. The molecule has 0 spiro atoms. The molecule has 0 fully saturated rings. The number of nitrogens with zero attached hydrogens (tertiary/aromatic N) is 1. The number of benzene rings is 1. The summed E-state index contributed by atoms with van der Waals surface area (Å²) in [6.07, 6.45) is 0.346. The molecule has 0 bridgehead atoms. The van der Waals surface area contributed by atoms with E-state index in [1.54, 1.807) is 0 Å². The first kappa shape index (κ1) is 12.5. The number of carboxylic acids is 1. The van der Waals surface area contributed by atoms with Crippen LogP contribution in [0.4, 0.5) is 4.39 Å². The van der Waals surface area contributed by atoms with Crippen LogP contribution in [0.1, 0.15) is 21.1 Å². The average molecular weight is 267 g/mol. The lowest BCUT2D eigenvalue weighted by Gasteiger charge is -2.06. The first-order chi connectivity index (χ1) is 8.60. The number of hydrogen-bond donors (Lipinski definition) is 1. The molecule has 2 rings (SSSR count). The smallest absolute Gasteiger partial charge is 0.355 e. The minimum absolute atomic E-state index is 0.00497. The maximum absolute atomic E-state index is 13.2. The molecule has 6 heteroatoms. The number of rotatable bonds is 4. The molecule has 1 N–H and O–H groups in total. The normalized spacial score (nSPS) is 10.3. The molecule has 1 aromatic heterocycles. The number of methoxy groups -OCH3 is 1. The molecule has 94 valence electrons. The standard InChI is InChI=1S/C12H10FNO3S/c1-17-10-3-2-8(13)4-7(10)5-11-14-9(6-18-11)12(15)16/h2-4,6H,5H2,1H3,(H,15,16). The van der Waals surface area contributed by atoms with Crippen LogP contribution in [0.15, 0.2) is 23.6 Å². The van der Waals surface area contributed by atoms with Crippen LogP contribution in [-0.4, -0.2) is 23.2 Å². The molecule has 0 radical (unpaired) electrons. The summed E-state index contributed by atoms with van der Waals surface area (Å²) in [4.78, 5) is 14.7. The highest BCUT2D eigenvalue weighted by atomic mass is 32.1. The largest absolute Gasteiger partial charge is 0.496 e. The van der Waals surface area contributed by atoms with E-state index in [-0.39, 0.29) is 11.5 Å². The highest BCUT2D eigenvalue weighted by Gasteiger charge is 2.11. The second-order valence-electron chi connectivity index (χ2n) is 3.56. The number of carbonyl (C=O) groups is 1. The van der Waals surface area contributed by atoms with Gasteiger partial charge in [0.1, 0.15) is 11.6 Å². The number of aromatic nitrogens is 1. The summed E-state index contributed by atoms with van der Waals surface area (Å²) >= 11 is 1.23. The average Bonchev–Trinajstić information content (AvgIpc) is 2.78. The van der Waals surface area contributed by atoms with Gasteiger partial charge >= 0.3 is 5.97 Å². The van der Waals surface area contributed by atoms with Crippen LogP contribution in [0.5, 0.6) is 5.75 Å². The first-order valence-electron chi connectivity index (χ1n) is 5.10. The zero-order valence-electron chi connectivity index (χ0n) is 9.51. The number of carboxylic acid groups (broad SMARTS) is 1. The second kappa shape index (κ2) is 5.14. The fourth-order valence-electron chi connectivity index (χ4n) is 1.54. The maximum Gasteiger partial charge on any atom is 0.355 e. The monoisotopic (exact) mass is 267 g/mol. The van der Waals surface area contributed by atoms with Crippen LogP contribution < -0.4 is 4.74 Å². The summed E-state index contributed by atoms with van der Waals surface area (Å²) in [6, 6.07) is 4.21. The molecule has 0 unspecified atom stereocenters. The Kier molecular flexibility index (Phi) is 3.57. The van der Waals surface area contributed by atoms with E-state index in [1.165, 1.54) is 42.0 Å². The van der Waals surface area contributed by atoms with Crippen molar-refractivity contribution in [3.63, 3.8) is 0 Å². The van der Waals surface area contributed by atoms with Crippen molar-refractivity contribution < 1.29 is 19.0 Å². The van der Waals surface area contributed by atoms with E-state index >= 15 is 0 Å². The van der Waals surface area contributed by atoms with Crippen LogP contribution in [0.25, 0.3) is 0 Å². The van der Waals surface area contributed by atoms with Crippen molar-refractivity contribution in [3.05, 3.63) is 45.7 Å². The van der Waals surface area contributed by atoms with E-state index < -0.39 is 5.97 Å². The Morgan fingerprint density at radius 2 is 2.33 bits per heavy atom. The van der Waals surface area contributed by atoms with Gasteiger partial charge in [0.2, 0.25) is 0 Å². The summed E-state index contributed by atoms with van der Waals surface area (Å²) in [6.45, 7) is 0. The number of thiazole rings is 1. The quantitative estimate of drug-likeness (QED) is 0.925. The van der Waals surface area contributed by atoms with Crippen molar-refractivity contribution >= 4 is 17.3 Å². The highest BCUT2D eigenvalue weighted by Crippen LogP contribution is 2.24. The molecule has 2 aromatic rings.